The number of anilines is 2. The van der Waals surface area contributed by atoms with Gasteiger partial charge in [0, 0.05) is 17.1 Å². The Morgan fingerprint density at radius 2 is 1.38 bits per heavy atom. The Morgan fingerprint density at radius 1 is 0.812 bits per heavy atom. The monoisotopic (exact) mass is 434 g/mol. The SMILES string of the molecule is CCOC(=O)C1=CC(Nc2ccc(C)cc2)C(C(=O)OCC)C=C1Nc1ccc(C)cc1. The summed E-state index contributed by atoms with van der Waals surface area (Å²) in [5.41, 5.74) is 4.81. The lowest BCUT2D eigenvalue weighted by Gasteiger charge is -2.29. The molecule has 0 aromatic heterocycles. The van der Waals surface area contributed by atoms with Crippen molar-refractivity contribution >= 4 is 23.3 Å². The van der Waals surface area contributed by atoms with E-state index in [9.17, 15) is 9.59 Å². The van der Waals surface area contributed by atoms with Gasteiger partial charge in [-0.1, -0.05) is 35.4 Å². The Labute approximate surface area is 189 Å². The maximum Gasteiger partial charge on any atom is 0.339 e. The van der Waals surface area contributed by atoms with Gasteiger partial charge in [0.1, 0.15) is 5.92 Å². The molecule has 2 atom stereocenters. The van der Waals surface area contributed by atoms with E-state index >= 15 is 0 Å². The van der Waals surface area contributed by atoms with Gasteiger partial charge in [0.15, 0.2) is 0 Å². The highest BCUT2D eigenvalue weighted by Crippen LogP contribution is 2.29. The molecule has 3 rings (SSSR count). The highest BCUT2D eigenvalue weighted by atomic mass is 16.5. The van der Waals surface area contributed by atoms with Gasteiger partial charge in [-0.25, -0.2) is 4.79 Å². The molecule has 6 heteroatoms. The van der Waals surface area contributed by atoms with Crippen LogP contribution in [0.1, 0.15) is 25.0 Å². The molecule has 1 aliphatic carbocycles. The molecule has 2 N–H and O–H groups in total. The number of hydrogen-bond donors (Lipinski definition) is 2. The van der Waals surface area contributed by atoms with Crippen molar-refractivity contribution in [2.75, 3.05) is 23.8 Å². The standard InChI is InChI=1S/C26H30N2O4/c1-5-31-25(29)21-15-24(28-20-13-9-18(4)10-14-20)22(26(30)32-6-2)16-23(21)27-19-11-7-17(3)8-12-19/h7-16,21,23,27-28H,5-6H2,1-4H3. The highest BCUT2D eigenvalue weighted by Gasteiger charge is 2.34. The summed E-state index contributed by atoms with van der Waals surface area (Å²) in [6, 6.07) is 15.2. The smallest absolute Gasteiger partial charge is 0.339 e. The van der Waals surface area contributed by atoms with E-state index in [1.54, 1.807) is 26.0 Å². The second-order valence-corrected chi connectivity index (χ2v) is 7.69. The van der Waals surface area contributed by atoms with Crippen LogP contribution in [-0.2, 0) is 19.1 Å². The van der Waals surface area contributed by atoms with Gasteiger partial charge in [0.25, 0.3) is 0 Å². The van der Waals surface area contributed by atoms with Gasteiger partial charge in [0.05, 0.1) is 24.8 Å². The minimum atomic E-state index is -0.623. The number of carbonyl (C=O) groups excluding carboxylic acids is 2. The first-order chi connectivity index (χ1) is 15.4. The van der Waals surface area contributed by atoms with Gasteiger partial charge in [-0.2, -0.15) is 0 Å². The first-order valence-electron chi connectivity index (χ1n) is 10.9. The van der Waals surface area contributed by atoms with Crippen LogP contribution in [-0.4, -0.2) is 31.2 Å². The van der Waals surface area contributed by atoms with Gasteiger partial charge in [0.2, 0.25) is 0 Å². The molecule has 2 aromatic rings. The van der Waals surface area contributed by atoms with Crippen LogP contribution in [0.4, 0.5) is 11.4 Å². The van der Waals surface area contributed by atoms with Crippen molar-refractivity contribution < 1.29 is 19.1 Å². The third-order valence-corrected chi connectivity index (χ3v) is 5.14. The molecule has 0 saturated heterocycles. The van der Waals surface area contributed by atoms with Crippen LogP contribution in [0.2, 0.25) is 0 Å². The molecular weight excluding hydrogens is 404 g/mol. The molecule has 2 aromatic carbocycles. The zero-order valence-electron chi connectivity index (χ0n) is 19.0. The number of benzene rings is 2. The highest BCUT2D eigenvalue weighted by molar-refractivity contribution is 5.96. The lowest BCUT2D eigenvalue weighted by molar-refractivity contribution is -0.146. The molecule has 0 aliphatic heterocycles. The van der Waals surface area contributed by atoms with Crippen molar-refractivity contribution in [3.8, 4) is 0 Å². The van der Waals surface area contributed by atoms with Crippen molar-refractivity contribution in [1.82, 2.24) is 0 Å². The van der Waals surface area contributed by atoms with Gasteiger partial charge in [-0.15, -0.1) is 0 Å². The molecule has 0 fully saturated rings. The number of esters is 2. The van der Waals surface area contributed by atoms with Gasteiger partial charge in [-0.05, 0) is 64.1 Å². The zero-order chi connectivity index (χ0) is 23.1. The topological polar surface area (TPSA) is 76.7 Å². The Kier molecular flexibility index (Phi) is 7.71. The fourth-order valence-corrected chi connectivity index (χ4v) is 3.46. The maximum absolute atomic E-state index is 12.8. The van der Waals surface area contributed by atoms with Crippen LogP contribution >= 0.6 is 0 Å². The number of carbonyl (C=O) groups is 2. The summed E-state index contributed by atoms with van der Waals surface area (Å²) >= 11 is 0. The zero-order valence-corrected chi connectivity index (χ0v) is 19.0. The summed E-state index contributed by atoms with van der Waals surface area (Å²) in [6.07, 6.45) is 3.49. The number of nitrogens with one attached hydrogen (secondary N) is 2. The summed E-state index contributed by atoms with van der Waals surface area (Å²) in [5.74, 6) is -1.43. The lowest BCUT2D eigenvalue weighted by atomic mass is 9.88. The van der Waals surface area contributed by atoms with Crippen molar-refractivity contribution in [3.05, 3.63) is 83.1 Å². The molecule has 6 nitrogen and oxygen atoms in total. The van der Waals surface area contributed by atoms with Crippen LogP contribution in [0.3, 0.4) is 0 Å². The van der Waals surface area contributed by atoms with Crippen LogP contribution in [0.25, 0.3) is 0 Å². The van der Waals surface area contributed by atoms with E-state index < -0.39 is 17.9 Å². The number of aryl methyl sites for hydroxylation is 2. The second-order valence-electron chi connectivity index (χ2n) is 7.69. The van der Waals surface area contributed by atoms with E-state index in [2.05, 4.69) is 10.6 Å². The maximum atomic E-state index is 12.8. The van der Waals surface area contributed by atoms with E-state index in [0.29, 0.717) is 11.3 Å². The molecule has 0 bridgehead atoms. The summed E-state index contributed by atoms with van der Waals surface area (Å²) in [7, 11) is 0. The molecule has 0 saturated carbocycles. The average Bonchev–Trinajstić information content (AvgIpc) is 2.78. The van der Waals surface area contributed by atoms with E-state index in [4.69, 9.17) is 9.47 Å². The summed E-state index contributed by atoms with van der Waals surface area (Å²) in [6.45, 7) is 8.09. The van der Waals surface area contributed by atoms with Crippen molar-refractivity contribution in [1.29, 1.82) is 0 Å². The quantitative estimate of drug-likeness (QED) is 0.583. The van der Waals surface area contributed by atoms with E-state index in [-0.39, 0.29) is 19.2 Å². The second kappa shape index (κ2) is 10.7. The Morgan fingerprint density at radius 3 is 1.94 bits per heavy atom. The molecule has 168 valence electrons. The third-order valence-electron chi connectivity index (χ3n) is 5.14. The van der Waals surface area contributed by atoms with Crippen molar-refractivity contribution in [2.24, 2.45) is 5.92 Å². The summed E-state index contributed by atoms with van der Waals surface area (Å²) in [5, 5.41) is 6.63. The predicted octanol–water partition coefficient (Wildman–Crippen LogP) is 4.76. The predicted molar refractivity (Wildman–Crippen MR) is 126 cm³/mol. The van der Waals surface area contributed by atoms with Crippen molar-refractivity contribution in [3.63, 3.8) is 0 Å². The third kappa shape index (κ3) is 5.78. The number of ether oxygens (including phenoxy) is 2. The molecule has 1 aliphatic rings. The van der Waals surface area contributed by atoms with Gasteiger partial charge >= 0.3 is 11.9 Å². The fourth-order valence-electron chi connectivity index (χ4n) is 3.46. The number of hydrogen-bond acceptors (Lipinski definition) is 6. The average molecular weight is 435 g/mol. The molecule has 0 radical (unpaired) electrons. The molecule has 0 amide bonds. The van der Waals surface area contributed by atoms with Gasteiger partial charge < -0.3 is 20.1 Å². The van der Waals surface area contributed by atoms with E-state index in [1.165, 1.54) is 0 Å². The normalized spacial score (nSPS) is 17.6. The fraction of sp³-hybridized carbons (Fsp3) is 0.308. The minimum Gasteiger partial charge on any atom is -0.465 e. The molecule has 2 unspecified atom stereocenters. The Balaban J connectivity index is 1.98. The molecular formula is C26H30N2O4. The van der Waals surface area contributed by atoms with Gasteiger partial charge in [-0.3, -0.25) is 4.79 Å². The van der Waals surface area contributed by atoms with Crippen LogP contribution in [0, 0.1) is 19.8 Å². The Bertz CT molecular complexity index is 1010. The van der Waals surface area contributed by atoms with Crippen LogP contribution in [0.5, 0.6) is 0 Å². The van der Waals surface area contributed by atoms with Crippen LogP contribution in [0.15, 0.2) is 72.0 Å². The van der Waals surface area contributed by atoms with E-state index in [1.807, 2.05) is 62.4 Å². The van der Waals surface area contributed by atoms with Crippen molar-refractivity contribution in [2.45, 2.75) is 33.7 Å². The Hall–Kier alpha value is -3.54. The minimum absolute atomic E-state index is 0.255. The number of rotatable bonds is 8. The van der Waals surface area contributed by atoms with E-state index in [0.717, 1.165) is 22.5 Å². The first-order valence-corrected chi connectivity index (χ1v) is 10.9. The molecule has 0 spiro atoms. The summed E-state index contributed by atoms with van der Waals surface area (Å²) < 4.78 is 10.6. The molecule has 0 heterocycles. The summed E-state index contributed by atoms with van der Waals surface area (Å²) in [4.78, 5) is 25.6. The first kappa shape index (κ1) is 23.1. The lowest BCUT2D eigenvalue weighted by Crippen LogP contribution is -2.37. The molecule has 32 heavy (non-hydrogen) atoms. The van der Waals surface area contributed by atoms with Crippen LogP contribution < -0.4 is 10.6 Å². The largest absolute Gasteiger partial charge is 0.465 e.